The predicted octanol–water partition coefficient (Wildman–Crippen LogP) is 8.73. The van der Waals surface area contributed by atoms with Gasteiger partial charge in [-0.15, -0.1) is 0 Å². The third-order valence-electron chi connectivity index (χ3n) is 13.9. The summed E-state index contributed by atoms with van der Waals surface area (Å²) < 4.78 is 11.5. The zero-order valence-corrected chi connectivity index (χ0v) is 31.0. The Labute approximate surface area is 287 Å². The Morgan fingerprint density at radius 2 is 1.70 bits per heavy atom. The van der Waals surface area contributed by atoms with E-state index in [2.05, 4.69) is 50.9 Å². The molecule has 1 heterocycles. The van der Waals surface area contributed by atoms with Crippen molar-refractivity contribution in [2.45, 2.75) is 150 Å². The van der Waals surface area contributed by atoms with Crippen LogP contribution < -0.4 is 5.32 Å². The summed E-state index contributed by atoms with van der Waals surface area (Å²) in [6, 6.07) is 0. The van der Waals surface area contributed by atoms with E-state index in [0.29, 0.717) is 30.2 Å². The Bertz CT molecular complexity index is 1050. The van der Waals surface area contributed by atoms with E-state index in [0.717, 1.165) is 107 Å². The normalized spacial score (nSPS) is 34.6. The van der Waals surface area contributed by atoms with E-state index in [9.17, 15) is 9.59 Å². The number of carbonyl (C=O) groups is 2. The number of fused-ring (bicyclic) bond motifs is 5. The minimum atomic E-state index is -0.0262. The highest BCUT2D eigenvalue weighted by atomic mass is 16.5. The molecule has 1 amide bonds. The van der Waals surface area contributed by atoms with E-state index in [1.54, 1.807) is 5.57 Å². The van der Waals surface area contributed by atoms with E-state index in [1.807, 2.05) is 0 Å². The number of unbranched alkanes of at least 4 members (excludes halogenated alkanes) is 3. The van der Waals surface area contributed by atoms with Crippen molar-refractivity contribution in [3.8, 4) is 0 Å². The first-order valence-electron chi connectivity index (χ1n) is 20.1. The zero-order chi connectivity index (χ0) is 33.4. The van der Waals surface area contributed by atoms with Crippen molar-refractivity contribution < 1.29 is 19.1 Å². The summed E-state index contributed by atoms with van der Waals surface area (Å²) in [6.45, 7) is 17.7. The highest BCUT2D eigenvalue weighted by Crippen LogP contribution is 2.67. The maximum atomic E-state index is 12.8. The van der Waals surface area contributed by atoms with Crippen molar-refractivity contribution in [1.82, 2.24) is 10.2 Å². The molecule has 5 rings (SSSR count). The lowest BCUT2D eigenvalue weighted by molar-refractivity contribution is -0.151. The highest BCUT2D eigenvalue weighted by molar-refractivity contribution is 5.75. The molecule has 1 N–H and O–H groups in total. The number of hydrogen-bond donors (Lipinski definition) is 1. The third kappa shape index (κ3) is 9.24. The van der Waals surface area contributed by atoms with Gasteiger partial charge in [0.1, 0.15) is 6.10 Å². The molecule has 1 saturated heterocycles. The van der Waals surface area contributed by atoms with Crippen LogP contribution in [0, 0.1) is 46.3 Å². The van der Waals surface area contributed by atoms with Gasteiger partial charge >= 0.3 is 5.97 Å². The molecule has 268 valence electrons. The Morgan fingerprint density at radius 1 is 0.936 bits per heavy atom. The number of esters is 1. The van der Waals surface area contributed by atoms with Crippen LogP contribution in [0.25, 0.3) is 0 Å². The van der Waals surface area contributed by atoms with Crippen LogP contribution in [0.2, 0.25) is 0 Å². The van der Waals surface area contributed by atoms with Crippen LogP contribution in [0.1, 0.15) is 144 Å². The number of rotatable bonds is 16. The molecule has 0 bridgehead atoms. The van der Waals surface area contributed by atoms with Gasteiger partial charge < -0.3 is 14.8 Å². The first kappa shape index (κ1) is 36.9. The summed E-state index contributed by atoms with van der Waals surface area (Å²) in [6.07, 6.45) is 21.7. The van der Waals surface area contributed by atoms with Gasteiger partial charge in [0, 0.05) is 45.4 Å². The van der Waals surface area contributed by atoms with Gasteiger partial charge in [-0.1, -0.05) is 78.4 Å². The number of carbonyl (C=O) groups excluding carboxylic acids is 2. The minimum Gasteiger partial charge on any atom is -0.462 e. The molecule has 0 aromatic heterocycles. The third-order valence-corrected chi connectivity index (χ3v) is 13.9. The fourth-order valence-corrected chi connectivity index (χ4v) is 11.2. The second-order valence-corrected chi connectivity index (χ2v) is 17.4. The Kier molecular flexibility index (Phi) is 13.3. The molecule has 0 spiro atoms. The molecule has 4 fully saturated rings. The number of hydrogen-bond acceptors (Lipinski definition) is 5. The SMILES string of the molecule is CC(C)CCC[C@@H](C)C1CC[C@H]2C3CC=C4C[C@@H](OC(=O)CCCCCCC(=O)NCCN5CCOCC5)CC[C@]4(C)C3CC[C@]12C. The zero-order valence-electron chi connectivity index (χ0n) is 31.0. The molecular weight excluding hydrogens is 584 g/mol. The largest absolute Gasteiger partial charge is 0.462 e. The summed E-state index contributed by atoms with van der Waals surface area (Å²) in [5, 5.41) is 3.05. The quantitative estimate of drug-likeness (QED) is 0.102. The van der Waals surface area contributed by atoms with Gasteiger partial charge in [0.15, 0.2) is 0 Å². The monoisotopic (exact) mass is 655 g/mol. The van der Waals surface area contributed by atoms with Crippen molar-refractivity contribution in [3.63, 3.8) is 0 Å². The maximum absolute atomic E-state index is 12.8. The Balaban J connectivity index is 0.993. The molecule has 47 heavy (non-hydrogen) atoms. The van der Waals surface area contributed by atoms with Crippen LogP contribution in [-0.2, 0) is 19.1 Å². The lowest BCUT2D eigenvalue weighted by Gasteiger charge is -2.58. The van der Waals surface area contributed by atoms with Crippen molar-refractivity contribution in [2.24, 2.45) is 46.3 Å². The maximum Gasteiger partial charge on any atom is 0.306 e. The summed E-state index contributed by atoms with van der Waals surface area (Å²) in [4.78, 5) is 27.3. The molecule has 1 aliphatic heterocycles. The van der Waals surface area contributed by atoms with Crippen LogP contribution in [0.5, 0.6) is 0 Å². The molecule has 3 unspecified atom stereocenters. The molecule has 0 radical (unpaired) electrons. The van der Waals surface area contributed by atoms with Crippen LogP contribution in [-0.4, -0.2) is 62.3 Å². The Hall–Kier alpha value is -1.40. The van der Waals surface area contributed by atoms with Gasteiger partial charge in [-0.05, 0) is 104 Å². The fourth-order valence-electron chi connectivity index (χ4n) is 11.2. The first-order chi connectivity index (χ1) is 22.6. The van der Waals surface area contributed by atoms with E-state index in [1.165, 1.54) is 57.8 Å². The average Bonchev–Trinajstić information content (AvgIpc) is 3.40. The number of allylic oxidation sites excluding steroid dienone is 1. The standard InChI is InChI=1S/C41H70N2O4/c1-30(2)11-10-12-31(3)35-17-18-36-34-16-15-32-29-33(19-21-40(32,4)37(34)20-22-41(35,36)5)47-39(45)14-9-7-6-8-13-38(44)42-23-24-43-25-27-46-28-26-43/h15,30-31,33-37H,6-14,16-29H2,1-5H3,(H,42,44)/t31-,33+,34?,35?,36+,37?,40+,41-/m1/s1. The summed E-state index contributed by atoms with van der Waals surface area (Å²) >= 11 is 0. The number of ether oxygens (including phenoxy) is 2. The fraction of sp³-hybridized carbons (Fsp3) is 0.902. The van der Waals surface area contributed by atoms with Crippen molar-refractivity contribution in [2.75, 3.05) is 39.4 Å². The number of nitrogens with one attached hydrogen (secondary N) is 1. The van der Waals surface area contributed by atoms with E-state index in [-0.39, 0.29) is 18.0 Å². The topological polar surface area (TPSA) is 67.9 Å². The summed E-state index contributed by atoms with van der Waals surface area (Å²) in [5.74, 6) is 5.24. The van der Waals surface area contributed by atoms with Gasteiger partial charge in [-0.25, -0.2) is 0 Å². The minimum absolute atomic E-state index is 0.0262. The van der Waals surface area contributed by atoms with Gasteiger partial charge in [-0.3, -0.25) is 14.5 Å². The van der Waals surface area contributed by atoms with Crippen LogP contribution >= 0.6 is 0 Å². The van der Waals surface area contributed by atoms with Crippen molar-refractivity contribution in [1.29, 1.82) is 0 Å². The van der Waals surface area contributed by atoms with Crippen LogP contribution in [0.4, 0.5) is 0 Å². The van der Waals surface area contributed by atoms with Gasteiger partial charge in [0.2, 0.25) is 5.91 Å². The molecular formula is C41H70N2O4. The van der Waals surface area contributed by atoms with Crippen molar-refractivity contribution in [3.05, 3.63) is 11.6 Å². The predicted molar refractivity (Wildman–Crippen MR) is 191 cm³/mol. The molecule has 8 atom stereocenters. The second kappa shape index (κ2) is 17.0. The molecule has 6 heteroatoms. The van der Waals surface area contributed by atoms with E-state index < -0.39 is 0 Å². The number of nitrogens with zero attached hydrogens (tertiary/aromatic N) is 1. The van der Waals surface area contributed by atoms with Crippen molar-refractivity contribution >= 4 is 11.9 Å². The van der Waals surface area contributed by atoms with Crippen LogP contribution in [0.15, 0.2) is 11.6 Å². The average molecular weight is 655 g/mol. The molecule has 4 aliphatic carbocycles. The second-order valence-electron chi connectivity index (χ2n) is 17.4. The smallest absolute Gasteiger partial charge is 0.306 e. The van der Waals surface area contributed by atoms with Gasteiger partial charge in [0.25, 0.3) is 0 Å². The lowest BCUT2D eigenvalue weighted by atomic mass is 9.47. The summed E-state index contributed by atoms with van der Waals surface area (Å²) in [5.41, 5.74) is 2.43. The number of amides is 1. The van der Waals surface area contributed by atoms with Gasteiger partial charge in [-0.2, -0.15) is 0 Å². The molecule has 5 aliphatic rings. The lowest BCUT2D eigenvalue weighted by Crippen LogP contribution is -2.51. The molecule has 0 aromatic carbocycles. The van der Waals surface area contributed by atoms with Crippen LogP contribution in [0.3, 0.4) is 0 Å². The van der Waals surface area contributed by atoms with Gasteiger partial charge in [0.05, 0.1) is 13.2 Å². The number of morpholine rings is 1. The molecule has 3 saturated carbocycles. The molecule has 6 nitrogen and oxygen atoms in total. The molecule has 0 aromatic rings. The highest BCUT2D eigenvalue weighted by Gasteiger charge is 2.59. The van der Waals surface area contributed by atoms with E-state index >= 15 is 0 Å². The first-order valence-corrected chi connectivity index (χ1v) is 20.1. The Morgan fingerprint density at radius 3 is 2.47 bits per heavy atom. The summed E-state index contributed by atoms with van der Waals surface area (Å²) in [7, 11) is 0. The van der Waals surface area contributed by atoms with E-state index in [4.69, 9.17) is 9.47 Å².